The molecule has 0 aromatic carbocycles. The van der Waals surface area contributed by atoms with Crippen molar-refractivity contribution in [2.45, 2.75) is 25.3 Å². The molecule has 1 aliphatic heterocycles. The van der Waals surface area contributed by atoms with E-state index in [4.69, 9.17) is 17.0 Å². The van der Waals surface area contributed by atoms with Gasteiger partial charge >= 0.3 is 0 Å². The Balaban J connectivity index is 2.08. The third-order valence-electron chi connectivity index (χ3n) is 2.77. The van der Waals surface area contributed by atoms with Crippen molar-refractivity contribution in [1.82, 2.24) is 15.5 Å². The fourth-order valence-corrected chi connectivity index (χ4v) is 2.21. The second-order valence-electron chi connectivity index (χ2n) is 4.35. The van der Waals surface area contributed by atoms with Gasteiger partial charge in [0.2, 0.25) is 0 Å². The SMILES string of the molecule is COCCCNC(=S)NC1CCCN(C)C1. The van der Waals surface area contributed by atoms with Crippen LogP contribution in [-0.2, 0) is 4.74 Å². The zero-order chi connectivity index (χ0) is 11.8. The third kappa shape index (κ3) is 5.63. The third-order valence-corrected chi connectivity index (χ3v) is 3.03. The van der Waals surface area contributed by atoms with Gasteiger partial charge in [-0.1, -0.05) is 0 Å². The Bertz CT molecular complexity index is 213. The Kier molecular flexibility index (Phi) is 6.68. The van der Waals surface area contributed by atoms with E-state index >= 15 is 0 Å². The summed E-state index contributed by atoms with van der Waals surface area (Å²) < 4.78 is 4.98. The topological polar surface area (TPSA) is 36.5 Å². The van der Waals surface area contributed by atoms with Crippen LogP contribution >= 0.6 is 12.2 Å². The summed E-state index contributed by atoms with van der Waals surface area (Å²) in [7, 11) is 3.87. The number of piperidine rings is 1. The number of hydrogen-bond donors (Lipinski definition) is 2. The number of nitrogens with zero attached hydrogens (tertiary/aromatic N) is 1. The maximum atomic E-state index is 5.24. The van der Waals surface area contributed by atoms with Crippen LogP contribution in [0.1, 0.15) is 19.3 Å². The zero-order valence-electron chi connectivity index (χ0n) is 10.3. The van der Waals surface area contributed by atoms with E-state index in [1.807, 2.05) is 0 Å². The predicted octanol–water partition coefficient (Wildman–Crippen LogP) is 0.581. The Hall–Kier alpha value is -0.390. The summed E-state index contributed by atoms with van der Waals surface area (Å²) in [6.45, 7) is 3.94. The lowest BCUT2D eigenvalue weighted by molar-refractivity contribution is 0.195. The number of likely N-dealkylation sites (tertiary alicyclic amines) is 1. The minimum absolute atomic E-state index is 0.501. The van der Waals surface area contributed by atoms with E-state index in [0.29, 0.717) is 6.04 Å². The lowest BCUT2D eigenvalue weighted by atomic mass is 10.1. The number of thiocarbonyl (C=S) groups is 1. The van der Waals surface area contributed by atoms with Crippen molar-refractivity contribution in [3.63, 3.8) is 0 Å². The van der Waals surface area contributed by atoms with Crippen molar-refractivity contribution in [2.24, 2.45) is 0 Å². The van der Waals surface area contributed by atoms with Crippen LogP contribution in [0.25, 0.3) is 0 Å². The highest BCUT2D eigenvalue weighted by Crippen LogP contribution is 2.07. The molecule has 1 rings (SSSR count). The van der Waals surface area contributed by atoms with Crippen LogP contribution < -0.4 is 10.6 Å². The van der Waals surface area contributed by atoms with E-state index in [9.17, 15) is 0 Å². The van der Waals surface area contributed by atoms with Gasteiger partial charge in [0.25, 0.3) is 0 Å². The molecule has 1 saturated heterocycles. The Labute approximate surface area is 104 Å². The molecule has 2 N–H and O–H groups in total. The normalized spacial score (nSPS) is 21.8. The van der Waals surface area contributed by atoms with Crippen molar-refractivity contribution in [3.8, 4) is 0 Å². The van der Waals surface area contributed by atoms with Gasteiger partial charge in [0.1, 0.15) is 0 Å². The maximum absolute atomic E-state index is 5.24. The monoisotopic (exact) mass is 245 g/mol. The van der Waals surface area contributed by atoms with Crippen LogP contribution in [0.3, 0.4) is 0 Å². The first-order valence-electron chi connectivity index (χ1n) is 5.94. The molecule has 0 bridgehead atoms. The van der Waals surface area contributed by atoms with Crippen LogP contribution in [0, 0.1) is 0 Å². The van der Waals surface area contributed by atoms with E-state index in [-0.39, 0.29) is 0 Å². The van der Waals surface area contributed by atoms with E-state index in [1.165, 1.54) is 19.4 Å². The number of ether oxygens (including phenoxy) is 1. The average molecular weight is 245 g/mol. The van der Waals surface area contributed by atoms with E-state index in [1.54, 1.807) is 7.11 Å². The molecule has 5 heteroatoms. The van der Waals surface area contributed by atoms with Gasteiger partial charge in [-0.15, -0.1) is 0 Å². The number of likely N-dealkylation sites (N-methyl/N-ethyl adjacent to an activating group) is 1. The summed E-state index contributed by atoms with van der Waals surface area (Å²) in [5, 5.41) is 7.34. The van der Waals surface area contributed by atoms with Gasteiger partial charge in [-0.25, -0.2) is 0 Å². The molecule has 0 aromatic rings. The van der Waals surface area contributed by atoms with Crippen molar-refractivity contribution >= 4 is 17.3 Å². The number of methoxy groups -OCH3 is 1. The highest BCUT2D eigenvalue weighted by Gasteiger charge is 2.17. The van der Waals surface area contributed by atoms with Crippen molar-refractivity contribution in [2.75, 3.05) is 40.4 Å². The highest BCUT2D eigenvalue weighted by atomic mass is 32.1. The summed E-state index contributed by atoms with van der Waals surface area (Å²) in [5.41, 5.74) is 0. The lowest BCUT2D eigenvalue weighted by Crippen LogP contribution is -2.49. The molecule has 1 unspecified atom stereocenters. The highest BCUT2D eigenvalue weighted by molar-refractivity contribution is 7.80. The van der Waals surface area contributed by atoms with Crippen molar-refractivity contribution in [3.05, 3.63) is 0 Å². The van der Waals surface area contributed by atoms with Gasteiger partial charge in [-0.05, 0) is 45.1 Å². The summed E-state index contributed by atoms with van der Waals surface area (Å²) in [5.74, 6) is 0. The molecule has 0 spiro atoms. The summed E-state index contributed by atoms with van der Waals surface area (Å²) >= 11 is 5.24. The molecule has 1 aliphatic rings. The molecular formula is C11H23N3OS. The largest absolute Gasteiger partial charge is 0.385 e. The van der Waals surface area contributed by atoms with E-state index in [2.05, 4.69) is 22.6 Å². The second-order valence-corrected chi connectivity index (χ2v) is 4.76. The van der Waals surface area contributed by atoms with E-state index < -0.39 is 0 Å². The standard InChI is InChI=1S/C11H23N3OS/c1-14-7-3-5-10(9-14)13-11(16)12-6-4-8-15-2/h10H,3-9H2,1-2H3,(H2,12,13,16). The Morgan fingerprint density at radius 1 is 1.56 bits per heavy atom. The molecule has 1 heterocycles. The molecule has 16 heavy (non-hydrogen) atoms. The first-order chi connectivity index (χ1) is 7.72. The van der Waals surface area contributed by atoms with Gasteiger partial charge < -0.3 is 20.3 Å². The van der Waals surface area contributed by atoms with Crippen LogP contribution in [-0.4, -0.2) is 56.5 Å². The fourth-order valence-electron chi connectivity index (χ4n) is 1.94. The Morgan fingerprint density at radius 2 is 2.38 bits per heavy atom. The minimum atomic E-state index is 0.501. The van der Waals surface area contributed by atoms with Gasteiger partial charge in [0.05, 0.1) is 0 Å². The first kappa shape index (κ1) is 13.7. The molecule has 0 radical (unpaired) electrons. The fraction of sp³-hybridized carbons (Fsp3) is 0.909. The van der Waals surface area contributed by atoms with E-state index in [0.717, 1.165) is 31.2 Å². The maximum Gasteiger partial charge on any atom is 0.166 e. The van der Waals surface area contributed by atoms with Gasteiger partial charge in [0.15, 0.2) is 5.11 Å². The lowest BCUT2D eigenvalue weighted by Gasteiger charge is -2.31. The van der Waals surface area contributed by atoms with Crippen LogP contribution in [0.5, 0.6) is 0 Å². The molecule has 0 aliphatic carbocycles. The molecule has 1 atom stereocenters. The number of hydrogen-bond acceptors (Lipinski definition) is 3. The summed E-state index contributed by atoms with van der Waals surface area (Å²) in [4.78, 5) is 2.34. The van der Waals surface area contributed by atoms with Gasteiger partial charge in [0, 0.05) is 32.8 Å². The van der Waals surface area contributed by atoms with Crippen LogP contribution in [0.4, 0.5) is 0 Å². The first-order valence-corrected chi connectivity index (χ1v) is 6.35. The summed E-state index contributed by atoms with van der Waals surface area (Å²) in [6.07, 6.45) is 3.45. The average Bonchev–Trinajstić information content (AvgIpc) is 2.24. The summed E-state index contributed by atoms with van der Waals surface area (Å²) in [6, 6.07) is 0.501. The quantitative estimate of drug-likeness (QED) is 0.547. The minimum Gasteiger partial charge on any atom is -0.385 e. The molecule has 1 fully saturated rings. The van der Waals surface area contributed by atoms with Gasteiger partial charge in [-0.2, -0.15) is 0 Å². The van der Waals surface area contributed by atoms with Crippen molar-refractivity contribution in [1.29, 1.82) is 0 Å². The van der Waals surface area contributed by atoms with Crippen LogP contribution in [0.2, 0.25) is 0 Å². The molecule has 0 saturated carbocycles. The molecule has 4 nitrogen and oxygen atoms in total. The molecular weight excluding hydrogens is 222 g/mol. The molecule has 0 amide bonds. The van der Waals surface area contributed by atoms with Crippen LogP contribution in [0.15, 0.2) is 0 Å². The second kappa shape index (κ2) is 7.81. The predicted molar refractivity (Wildman–Crippen MR) is 70.7 cm³/mol. The van der Waals surface area contributed by atoms with Gasteiger partial charge in [-0.3, -0.25) is 0 Å². The Morgan fingerprint density at radius 3 is 3.06 bits per heavy atom. The van der Waals surface area contributed by atoms with Crippen molar-refractivity contribution < 1.29 is 4.74 Å². The molecule has 94 valence electrons. The zero-order valence-corrected chi connectivity index (χ0v) is 11.1. The number of nitrogens with one attached hydrogen (secondary N) is 2. The molecule has 0 aromatic heterocycles. The smallest absolute Gasteiger partial charge is 0.166 e. The number of rotatable bonds is 5.